The fourth-order valence-corrected chi connectivity index (χ4v) is 2.82. The molecule has 106 valence electrons. The van der Waals surface area contributed by atoms with Crippen molar-refractivity contribution in [2.75, 3.05) is 31.6 Å². The van der Waals surface area contributed by atoms with Gasteiger partial charge in [-0.15, -0.1) is 0 Å². The molecule has 1 fully saturated rings. The molecule has 0 atom stereocenters. The summed E-state index contributed by atoms with van der Waals surface area (Å²) in [6, 6.07) is 0. The van der Waals surface area contributed by atoms with Gasteiger partial charge < -0.3 is 10.6 Å². The first-order chi connectivity index (χ1) is 8.47. The molecule has 1 amide bonds. The van der Waals surface area contributed by atoms with Crippen LogP contribution in [0.1, 0.15) is 32.1 Å². The summed E-state index contributed by atoms with van der Waals surface area (Å²) >= 11 is 0. The van der Waals surface area contributed by atoms with E-state index in [0.29, 0.717) is 25.3 Å². The largest absolute Gasteiger partial charge is 0.356 e. The second-order valence-electron chi connectivity index (χ2n) is 5.07. The van der Waals surface area contributed by atoms with E-state index in [2.05, 4.69) is 10.6 Å². The molecule has 0 aromatic carbocycles. The maximum absolute atomic E-state index is 11.5. The van der Waals surface area contributed by atoms with Gasteiger partial charge in [0.2, 0.25) is 5.91 Å². The van der Waals surface area contributed by atoms with E-state index in [1.165, 1.54) is 6.26 Å². The monoisotopic (exact) mass is 276 g/mol. The van der Waals surface area contributed by atoms with Crippen molar-refractivity contribution >= 4 is 15.7 Å². The highest BCUT2D eigenvalue weighted by molar-refractivity contribution is 7.90. The van der Waals surface area contributed by atoms with Crippen LogP contribution in [0, 0.1) is 5.92 Å². The zero-order valence-electron chi connectivity index (χ0n) is 11.1. The van der Waals surface area contributed by atoms with Crippen LogP contribution >= 0.6 is 0 Å². The van der Waals surface area contributed by atoms with Crippen molar-refractivity contribution in [1.82, 2.24) is 10.6 Å². The number of hydrogen-bond donors (Lipinski definition) is 2. The topological polar surface area (TPSA) is 75.3 Å². The first kappa shape index (κ1) is 15.4. The lowest BCUT2D eigenvalue weighted by Gasteiger charge is -2.22. The first-order valence-corrected chi connectivity index (χ1v) is 8.68. The predicted octanol–water partition coefficient (Wildman–Crippen LogP) is 0.317. The van der Waals surface area contributed by atoms with Gasteiger partial charge in [0.15, 0.2) is 0 Å². The van der Waals surface area contributed by atoms with Crippen molar-refractivity contribution < 1.29 is 13.2 Å². The number of piperidine rings is 1. The highest BCUT2D eigenvalue weighted by Crippen LogP contribution is 2.17. The molecule has 1 rings (SSSR count). The number of carbonyl (C=O) groups is 1. The fourth-order valence-electron chi connectivity index (χ4n) is 2.16. The van der Waals surface area contributed by atoms with Crippen molar-refractivity contribution in [3.63, 3.8) is 0 Å². The van der Waals surface area contributed by atoms with Crippen LogP contribution in [0.3, 0.4) is 0 Å². The molecule has 0 spiro atoms. The smallest absolute Gasteiger partial charge is 0.220 e. The van der Waals surface area contributed by atoms with Gasteiger partial charge in [0.1, 0.15) is 9.84 Å². The molecule has 0 aromatic heterocycles. The highest BCUT2D eigenvalue weighted by Gasteiger charge is 2.14. The van der Waals surface area contributed by atoms with E-state index >= 15 is 0 Å². The summed E-state index contributed by atoms with van der Waals surface area (Å²) in [6.07, 6.45) is 5.52. The maximum Gasteiger partial charge on any atom is 0.220 e. The Labute approximate surface area is 110 Å². The number of carbonyl (C=O) groups excluding carboxylic acids is 1. The summed E-state index contributed by atoms with van der Waals surface area (Å²) in [5.74, 6) is 0.844. The summed E-state index contributed by atoms with van der Waals surface area (Å²) in [4.78, 5) is 11.5. The standard InChI is InChI=1S/C12H24N2O3S/c1-18(16,17)10-2-7-14-12(15)4-3-11-5-8-13-9-6-11/h11,13H,2-10H2,1H3,(H,14,15). The summed E-state index contributed by atoms with van der Waals surface area (Å²) < 4.78 is 21.8. The summed E-state index contributed by atoms with van der Waals surface area (Å²) in [7, 11) is -2.91. The molecule has 5 nitrogen and oxygen atoms in total. The molecule has 0 saturated carbocycles. The van der Waals surface area contributed by atoms with Gasteiger partial charge in [0.05, 0.1) is 5.75 Å². The minimum Gasteiger partial charge on any atom is -0.356 e. The molecule has 1 saturated heterocycles. The molecule has 6 heteroatoms. The Morgan fingerprint density at radius 1 is 1.33 bits per heavy atom. The zero-order chi connectivity index (χ0) is 13.4. The average molecular weight is 276 g/mol. The van der Waals surface area contributed by atoms with E-state index in [9.17, 15) is 13.2 Å². The van der Waals surface area contributed by atoms with Gasteiger partial charge in [0.25, 0.3) is 0 Å². The number of nitrogens with one attached hydrogen (secondary N) is 2. The van der Waals surface area contributed by atoms with Crippen LogP contribution in [0.2, 0.25) is 0 Å². The Morgan fingerprint density at radius 3 is 2.61 bits per heavy atom. The van der Waals surface area contributed by atoms with Gasteiger partial charge in [-0.1, -0.05) is 0 Å². The molecule has 18 heavy (non-hydrogen) atoms. The number of sulfone groups is 1. The van der Waals surface area contributed by atoms with Crippen LogP contribution in [-0.2, 0) is 14.6 Å². The second-order valence-corrected chi connectivity index (χ2v) is 7.33. The lowest BCUT2D eigenvalue weighted by atomic mass is 9.93. The molecular formula is C12H24N2O3S. The third kappa shape index (κ3) is 7.66. The molecule has 1 heterocycles. The van der Waals surface area contributed by atoms with E-state index in [1.54, 1.807) is 0 Å². The van der Waals surface area contributed by atoms with Crippen LogP contribution in [0.5, 0.6) is 0 Å². The Kier molecular flexibility index (Phi) is 6.63. The lowest BCUT2D eigenvalue weighted by Crippen LogP contribution is -2.30. The number of amides is 1. The van der Waals surface area contributed by atoms with Gasteiger partial charge in [-0.2, -0.15) is 0 Å². The Balaban J connectivity index is 2.03. The van der Waals surface area contributed by atoms with E-state index in [0.717, 1.165) is 32.4 Å². The summed E-state index contributed by atoms with van der Waals surface area (Å²) in [6.45, 7) is 2.57. The van der Waals surface area contributed by atoms with Crippen molar-refractivity contribution in [2.45, 2.75) is 32.1 Å². The number of hydrogen-bond acceptors (Lipinski definition) is 4. The van der Waals surface area contributed by atoms with Crippen molar-refractivity contribution in [1.29, 1.82) is 0 Å². The second kappa shape index (κ2) is 7.74. The van der Waals surface area contributed by atoms with Gasteiger partial charge >= 0.3 is 0 Å². The Bertz CT molecular complexity index is 348. The average Bonchev–Trinajstić information content (AvgIpc) is 2.32. The molecule has 0 bridgehead atoms. The van der Waals surface area contributed by atoms with Crippen LogP contribution in [0.25, 0.3) is 0 Å². The summed E-state index contributed by atoms with van der Waals surface area (Å²) in [5, 5.41) is 6.08. The molecule has 1 aliphatic heterocycles. The van der Waals surface area contributed by atoms with Crippen molar-refractivity contribution in [2.24, 2.45) is 5.92 Å². The van der Waals surface area contributed by atoms with Crippen LogP contribution in [0.15, 0.2) is 0 Å². The molecular weight excluding hydrogens is 252 g/mol. The third-order valence-electron chi connectivity index (χ3n) is 3.25. The molecule has 0 unspecified atom stereocenters. The highest BCUT2D eigenvalue weighted by atomic mass is 32.2. The van der Waals surface area contributed by atoms with Crippen LogP contribution in [-0.4, -0.2) is 46.0 Å². The van der Waals surface area contributed by atoms with E-state index in [-0.39, 0.29) is 11.7 Å². The van der Waals surface area contributed by atoms with Gasteiger partial charge in [-0.3, -0.25) is 4.79 Å². The third-order valence-corrected chi connectivity index (χ3v) is 4.28. The minimum atomic E-state index is -2.91. The van der Waals surface area contributed by atoms with E-state index in [1.807, 2.05) is 0 Å². The van der Waals surface area contributed by atoms with Crippen molar-refractivity contribution in [3.8, 4) is 0 Å². The fraction of sp³-hybridized carbons (Fsp3) is 0.917. The Morgan fingerprint density at radius 2 is 2.00 bits per heavy atom. The lowest BCUT2D eigenvalue weighted by molar-refractivity contribution is -0.121. The maximum atomic E-state index is 11.5. The Hall–Kier alpha value is -0.620. The van der Waals surface area contributed by atoms with Gasteiger partial charge in [0, 0.05) is 19.2 Å². The zero-order valence-corrected chi connectivity index (χ0v) is 11.9. The number of rotatable bonds is 7. The molecule has 1 aliphatic rings. The van der Waals surface area contributed by atoms with Gasteiger partial charge in [-0.05, 0) is 44.7 Å². The molecule has 0 aliphatic carbocycles. The van der Waals surface area contributed by atoms with Crippen LogP contribution in [0.4, 0.5) is 0 Å². The first-order valence-electron chi connectivity index (χ1n) is 6.62. The van der Waals surface area contributed by atoms with Crippen LogP contribution < -0.4 is 10.6 Å². The van der Waals surface area contributed by atoms with Gasteiger partial charge in [-0.25, -0.2) is 8.42 Å². The SMILES string of the molecule is CS(=O)(=O)CCCNC(=O)CCC1CCNCC1. The summed E-state index contributed by atoms with van der Waals surface area (Å²) in [5.41, 5.74) is 0. The molecule has 0 radical (unpaired) electrons. The molecule has 2 N–H and O–H groups in total. The normalized spacial score (nSPS) is 17.6. The van der Waals surface area contributed by atoms with Crippen molar-refractivity contribution in [3.05, 3.63) is 0 Å². The van der Waals surface area contributed by atoms with E-state index in [4.69, 9.17) is 0 Å². The quantitative estimate of drug-likeness (QED) is 0.657. The van der Waals surface area contributed by atoms with E-state index < -0.39 is 9.84 Å². The minimum absolute atomic E-state index is 0.0435. The molecule has 0 aromatic rings. The predicted molar refractivity (Wildman–Crippen MR) is 72.2 cm³/mol.